The molecule has 0 spiro atoms. The van der Waals surface area contributed by atoms with Crippen molar-refractivity contribution in [3.8, 4) is 5.75 Å². The Kier molecular flexibility index (Phi) is 5.56. The molecule has 1 aromatic carbocycles. The van der Waals surface area contributed by atoms with Gasteiger partial charge in [0.2, 0.25) is 0 Å². The summed E-state index contributed by atoms with van der Waals surface area (Å²) >= 11 is 0. The largest absolute Gasteiger partial charge is 0.497 e. The molecule has 1 heterocycles. The van der Waals surface area contributed by atoms with Crippen LogP contribution in [0.3, 0.4) is 0 Å². The third-order valence-corrected chi connectivity index (χ3v) is 3.58. The van der Waals surface area contributed by atoms with Crippen molar-refractivity contribution in [3.05, 3.63) is 59.9 Å². The zero-order valence-electron chi connectivity index (χ0n) is 12.2. The summed E-state index contributed by atoms with van der Waals surface area (Å²) in [4.78, 5) is 4.06. The lowest BCUT2D eigenvalue weighted by Gasteiger charge is -2.16. The molecule has 3 nitrogen and oxygen atoms in total. The van der Waals surface area contributed by atoms with Gasteiger partial charge in [-0.15, -0.1) is 0 Å². The number of likely N-dealkylation sites (N-methyl/N-ethyl adjacent to an activating group) is 1. The highest BCUT2D eigenvalue weighted by atomic mass is 16.5. The van der Waals surface area contributed by atoms with Crippen LogP contribution in [-0.2, 0) is 12.8 Å². The van der Waals surface area contributed by atoms with Gasteiger partial charge in [-0.05, 0) is 61.7 Å². The molecule has 2 aromatic rings. The number of nitrogens with one attached hydrogen (secondary N) is 1. The van der Waals surface area contributed by atoms with Gasteiger partial charge in [0.15, 0.2) is 0 Å². The molecule has 1 atom stereocenters. The van der Waals surface area contributed by atoms with Crippen LogP contribution in [0.1, 0.15) is 17.5 Å². The molecule has 1 aromatic heterocycles. The minimum absolute atomic E-state index is 0.486. The molecule has 0 saturated heterocycles. The van der Waals surface area contributed by atoms with E-state index in [2.05, 4.69) is 34.6 Å². The van der Waals surface area contributed by atoms with Crippen LogP contribution in [0.15, 0.2) is 48.8 Å². The second-order valence-electron chi connectivity index (χ2n) is 4.93. The van der Waals surface area contributed by atoms with Crippen molar-refractivity contribution in [2.75, 3.05) is 14.2 Å². The predicted octanol–water partition coefficient (Wildman–Crippen LogP) is 2.85. The van der Waals surface area contributed by atoms with E-state index in [0.717, 1.165) is 25.0 Å². The summed E-state index contributed by atoms with van der Waals surface area (Å²) in [5.74, 6) is 0.913. The highest BCUT2D eigenvalue weighted by Gasteiger charge is 2.07. The van der Waals surface area contributed by atoms with Gasteiger partial charge in [0.05, 0.1) is 7.11 Å². The first-order valence-corrected chi connectivity index (χ1v) is 7.01. The average molecular weight is 270 g/mol. The summed E-state index contributed by atoms with van der Waals surface area (Å²) in [5, 5.41) is 3.40. The van der Waals surface area contributed by atoms with E-state index in [1.165, 1.54) is 11.1 Å². The normalized spacial score (nSPS) is 12.1. The Morgan fingerprint density at radius 2 is 1.75 bits per heavy atom. The van der Waals surface area contributed by atoms with E-state index in [-0.39, 0.29) is 0 Å². The van der Waals surface area contributed by atoms with E-state index in [9.17, 15) is 0 Å². The number of aromatic nitrogens is 1. The van der Waals surface area contributed by atoms with Crippen molar-refractivity contribution in [2.45, 2.75) is 25.3 Å². The molecule has 0 aliphatic carbocycles. The molecule has 106 valence electrons. The van der Waals surface area contributed by atoms with Crippen molar-refractivity contribution in [2.24, 2.45) is 0 Å². The molecule has 0 bridgehead atoms. The molecule has 20 heavy (non-hydrogen) atoms. The Hall–Kier alpha value is -1.87. The number of hydrogen-bond acceptors (Lipinski definition) is 3. The van der Waals surface area contributed by atoms with Crippen molar-refractivity contribution in [1.82, 2.24) is 10.3 Å². The second-order valence-corrected chi connectivity index (χ2v) is 4.93. The molecule has 0 aliphatic heterocycles. The SMILES string of the molecule is CNC(CCc1ccc(OC)cc1)Cc1ccncc1. The Morgan fingerprint density at radius 3 is 2.35 bits per heavy atom. The van der Waals surface area contributed by atoms with Crippen LogP contribution in [0.25, 0.3) is 0 Å². The molecule has 2 rings (SSSR count). The zero-order valence-corrected chi connectivity index (χ0v) is 12.2. The number of benzene rings is 1. The zero-order chi connectivity index (χ0) is 14.2. The number of aryl methyl sites for hydroxylation is 1. The number of ether oxygens (including phenoxy) is 1. The first kappa shape index (κ1) is 14.5. The molecule has 0 amide bonds. The van der Waals surface area contributed by atoms with E-state index in [0.29, 0.717) is 6.04 Å². The summed E-state index contributed by atoms with van der Waals surface area (Å²) in [6.07, 6.45) is 6.93. The van der Waals surface area contributed by atoms with Gasteiger partial charge in [-0.2, -0.15) is 0 Å². The standard InChI is InChI=1S/C17H22N2O/c1-18-16(13-15-9-11-19-12-10-15)6-3-14-4-7-17(20-2)8-5-14/h4-5,7-12,16,18H,3,6,13H2,1-2H3. The van der Waals surface area contributed by atoms with Gasteiger partial charge in [0.1, 0.15) is 5.75 Å². The lowest BCUT2D eigenvalue weighted by molar-refractivity contribution is 0.414. The number of pyridine rings is 1. The fourth-order valence-corrected chi connectivity index (χ4v) is 2.28. The highest BCUT2D eigenvalue weighted by Crippen LogP contribution is 2.14. The fourth-order valence-electron chi connectivity index (χ4n) is 2.28. The second kappa shape index (κ2) is 7.65. The number of nitrogens with zero attached hydrogens (tertiary/aromatic N) is 1. The molecule has 0 saturated carbocycles. The van der Waals surface area contributed by atoms with E-state index in [4.69, 9.17) is 4.74 Å². The van der Waals surface area contributed by atoms with Gasteiger partial charge in [0, 0.05) is 18.4 Å². The highest BCUT2D eigenvalue weighted by molar-refractivity contribution is 5.27. The van der Waals surface area contributed by atoms with Crippen LogP contribution in [0, 0.1) is 0 Å². The molecule has 0 fully saturated rings. The molecule has 1 unspecified atom stereocenters. The maximum atomic E-state index is 5.18. The van der Waals surface area contributed by atoms with Crippen LogP contribution >= 0.6 is 0 Å². The van der Waals surface area contributed by atoms with E-state index in [1.54, 1.807) is 7.11 Å². The monoisotopic (exact) mass is 270 g/mol. The van der Waals surface area contributed by atoms with Gasteiger partial charge in [0.25, 0.3) is 0 Å². The molecular weight excluding hydrogens is 248 g/mol. The topological polar surface area (TPSA) is 34.1 Å². The van der Waals surface area contributed by atoms with Crippen LogP contribution in [0.5, 0.6) is 5.75 Å². The molecule has 1 N–H and O–H groups in total. The summed E-state index contributed by atoms with van der Waals surface area (Å²) in [6.45, 7) is 0. The smallest absolute Gasteiger partial charge is 0.118 e. The number of hydrogen-bond donors (Lipinski definition) is 1. The van der Waals surface area contributed by atoms with Crippen molar-refractivity contribution >= 4 is 0 Å². The van der Waals surface area contributed by atoms with Crippen LogP contribution in [0.2, 0.25) is 0 Å². The fraction of sp³-hybridized carbons (Fsp3) is 0.353. The van der Waals surface area contributed by atoms with Gasteiger partial charge in [-0.25, -0.2) is 0 Å². The third-order valence-electron chi connectivity index (χ3n) is 3.58. The van der Waals surface area contributed by atoms with Gasteiger partial charge in [-0.3, -0.25) is 4.98 Å². The Balaban J connectivity index is 1.86. The first-order chi connectivity index (χ1) is 9.81. The van der Waals surface area contributed by atoms with Gasteiger partial charge >= 0.3 is 0 Å². The molecule has 0 aliphatic rings. The first-order valence-electron chi connectivity index (χ1n) is 7.01. The maximum Gasteiger partial charge on any atom is 0.118 e. The molecule has 0 radical (unpaired) electrons. The minimum Gasteiger partial charge on any atom is -0.497 e. The van der Waals surface area contributed by atoms with Crippen LogP contribution in [0.4, 0.5) is 0 Å². The quantitative estimate of drug-likeness (QED) is 0.840. The van der Waals surface area contributed by atoms with Crippen molar-refractivity contribution < 1.29 is 4.74 Å². The lowest BCUT2D eigenvalue weighted by atomic mass is 10.00. The Bertz CT molecular complexity index is 496. The number of methoxy groups -OCH3 is 1. The van der Waals surface area contributed by atoms with E-state index in [1.807, 2.05) is 31.6 Å². The average Bonchev–Trinajstić information content (AvgIpc) is 2.53. The van der Waals surface area contributed by atoms with Gasteiger partial charge in [-0.1, -0.05) is 12.1 Å². The van der Waals surface area contributed by atoms with Crippen molar-refractivity contribution in [3.63, 3.8) is 0 Å². The summed E-state index contributed by atoms with van der Waals surface area (Å²) in [7, 11) is 3.72. The number of rotatable bonds is 7. The lowest BCUT2D eigenvalue weighted by Crippen LogP contribution is -2.28. The molecular formula is C17H22N2O. The van der Waals surface area contributed by atoms with Gasteiger partial charge < -0.3 is 10.1 Å². The van der Waals surface area contributed by atoms with E-state index < -0.39 is 0 Å². The summed E-state index contributed by atoms with van der Waals surface area (Å²) < 4.78 is 5.18. The Labute approximate surface area is 121 Å². The third kappa shape index (κ3) is 4.35. The Morgan fingerprint density at radius 1 is 1.05 bits per heavy atom. The van der Waals surface area contributed by atoms with E-state index >= 15 is 0 Å². The van der Waals surface area contributed by atoms with Crippen LogP contribution in [-0.4, -0.2) is 25.2 Å². The summed E-state index contributed by atoms with van der Waals surface area (Å²) in [6, 6.07) is 13.0. The summed E-state index contributed by atoms with van der Waals surface area (Å²) in [5.41, 5.74) is 2.68. The predicted molar refractivity (Wildman–Crippen MR) is 82.1 cm³/mol. The van der Waals surface area contributed by atoms with Crippen LogP contribution < -0.4 is 10.1 Å². The maximum absolute atomic E-state index is 5.18. The molecule has 3 heteroatoms. The minimum atomic E-state index is 0.486. The van der Waals surface area contributed by atoms with Crippen molar-refractivity contribution in [1.29, 1.82) is 0 Å².